The van der Waals surface area contributed by atoms with Crippen molar-refractivity contribution in [3.05, 3.63) is 58.7 Å². The first-order chi connectivity index (χ1) is 18.5. The van der Waals surface area contributed by atoms with E-state index in [1.54, 1.807) is 11.1 Å². The molecule has 1 atom stereocenters. The van der Waals surface area contributed by atoms with Crippen LogP contribution in [0.5, 0.6) is 0 Å². The average molecular weight is 599 g/mol. The number of nitrogens with one attached hydrogen (secondary N) is 2. The smallest absolute Gasteiger partial charge is 0.407 e. The van der Waals surface area contributed by atoms with Gasteiger partial charge in [-0.15, -0.1) is 0 Å². The zero-order chi connectivity index (χ0) is 28.2. The number of rotatable bonds is 8. The topological polar surface area (TPSA) is 130 Å². The SMILES string of the molecule is CC(C)(C)OC(=O)NC[C@H]1CC[C@H](C(=O)N(c2ccc3cn[nH]c3c2)[C@@H](Cc2ccc(Br)cc2)C(N)=O)CC1. The number of anilines is 1. The van der Waals surface area contributed by atoms with E-state index in [9.17, 15) is 14.4 Å². The first-order valence-corrected chi connectivity index (χ1v) is 14.1. The van der Waals surface area contributed by atoms with Crippen molar-refractivity contribution in [3.63, 3.8) is 0 Å². The highest BCUT2D eigenvalue weighted by Gasteiger charge is 2.36. The van der Waals surface area contributed by atoms with E-state index in [0.717, 1.165) is 33.8 Å². The number of nitrogens with two attached hydrogens (primary N) is 1. The minimum absolute atomic E-state index is 0.117. The molecule has 39 heavy (non-hydrogen) atoms. The van der Waals surface area contributed by atoms with Gasteiger partial charge in [0, 0.05) is 34.4 Å². The molecule has 208 valence electrons. The van der Waals surface area contributed by atoms with E-state index in [0.29, 0.717) is 31.5 Å². The van der Waals surface area contributed by atoms with E-state index in [4.69, 9.17) is 10.5 Å². The number of amides is 3. The number of hydrogen-bond acceptors (Lipinski definition) is 5. The van der Waals surface area contributed by atoms with Crippen LogP contribution in [0.2, 0.25) is 0 Å². The minimum Gasteiger partial charge on any atom is -0.444 e. The summed E-state index contributed by atoms with van der Waals surface area (Å²) in [4.78, 5) is 40.6. The van der Waals surface area contributed by atoms with Crippen molar-refractivity contribution < 1.29 is 19.1 Å². The van der Waals surface area contributed by atoms with Gasteiger partial charge in [-0.1, -0.05) is 28.1 Å². The molecule has 0 spiro atoms. The number of aromatic amines is 1. The van der Waals surface area contributed by atoms with Crippen molar-refractivity contribution in [1.29, 1.82) is 0 Å². The molecule has 0 unspecified atom stereocenters. The molecule has 1 aliphatic carbocycles. The van der Waals surface area contributed by atoms with Gasteiger partial charge in [-0.25, -0.2) is 4.79 Å². The maximum Gasteiger partial charge on any atom is 0.407 e. The lowest BCUT2D eigenvalue weighted by Gasteiger charge is -2.36. The maximum absolute atomic E-state index is 14.1. The molecule has 1 fully saturated rings. The predicted molar refractivity (Wildman–Crippen MR) is 154 cm³/mol. The summed E-state index contributed by atoms with van der Waals surface area (Å²) in [7, 11) is 0. The number of halogens is 1. The average Bonchev–Trinajstić information content (AvgIpc) is 3.35. The summed E-state index contributed by atoms with van der Waals surface area (Å²) in [5.74, 6) is -0.683. The fraction of sp³-hybridized carbons (Fsp3) is 0.448. The Balaban J connectivity index is 1.51. The van der Waals surface area contributed by atoms with Crippen LogP contribution in [0.25, 0.3) is 10.9 Å². The number of nitrogens with zero attached hydrogens (tertiary/aromatic N) is 2. The maximum atomic E-state index is 14.1. The van der Waals surface area contributed by atoms with Crippen molar-refractivity contribution >= 4 is 50.4 Å². The van der Waals surface area contributed by atoms with Crippen LogP contribution < -0.4 is 16.0 Å². The molecule has 4 rings (SSSR count). The Bertz CT molecular complexity index is 1310. The number of hydrogen-bond donors (Lipinski definition) is 3. The van der Waals surface area contributed by atoms with Crippen LogP contribution in [0.1, 0.15) is 52.0 Å². The van der Waals surface area contributed by atoms with Crippen LogP contribution in [0.4, 0.5) is 10.5 Å². The van der Waals surface area contributed by atoms with Crippen LogP contribution in [0.15, 0.2) is 53.1 Å². The Morgan fingerprint density at radius 3 is 2.46 bits per heavy atom. The Morgan fingerprint density at radius 2 is 1.82 bits per heavy atom. The van der Waals surface area contributed by atoms with Crippen molar-refractivity contribution in [2.24, 2.45) is 17.6 Å². The van der Waals surface area contributed by atoms with E-state index in [2.05, 4.69) is 31.4 Å². The number of H-pyrrole nitrogens is 1. The molecule has 1 heterocycles. The van der Waals surface area contributed by atoms with E-state index in [-0.39, 0.29) is 17.7 Å². The molecule has 0 bridgehead atoms. The fourth-order valence-electron chi connectivity index (χ4n) is 5.05. The number of aromatic nitrogens is 2. The van der Waals surface area contributed by atoms with Crippen molar-refractivity contribution in [2.45, 2.75) is 64.5 Å². The monoisotopic (exact) mass is 597 g/mol. The highest BCUT2D eigenvalue weighted by Crippen LogP contribution is 2.33. The molecule has 3 amide bonds. The summed E-state index contributed by atoms with van der Waals surface area (Å²) in [6.07, 6.45) is 4.47. The summed E-state index contributed by atoms with van der Waals surface area (Å²) >= 11 is 3.44. The van der Waals surface area contributed by atoms with E-state index < -0.39 is 23.6 Å². The summed E-state index contributed by atoms with van der Waals surface area (Å²) < 4.78 is 6.26. The number of benzene rings is 2. The van der Waals surface area contributed by atoms with Gasteiger partial charge >= 0.3 is 6.09 Å². The second-order valence-electron chi connectivity index (χ2n) is 11.2. The summed E-state index contributed by atoms with van der Waals surface area (Å²) in [5.41, 5.74) is 7.66. The zero-order valence-electron chi connectivity index (χ0n) is 22.6. The summed E-state index contributed by atoms with van der Waals surface area (Å²) in [6.45, 7) is 5.99. The van der Waals surface area contributed by atoms with Crippen LogP contribution in [0, 0.1) is 11.8 Å². The quantitative estimate of drug-likeness (QED) is 0.333. The molecular formula is C29H36BrN5O4. The second-order valence-corrected chi connectivity index (χ2v) is 12.1. The molecule has 1 aromatic heterocycles. The Labute approximate surface area is 237 Å². The first-order valence-electron chi connectivity index (χ1n) is 13.3. The summed E-state index contributed by atoms with van der Waals surface area (Å²) in [6, 6.07) is 12.4. The highest BCUT2D eigenvalue weighted by molar-refractivity contribution is 9.10. The van der Waals surface area contributed by atoms with Crippen molar-refractivity contribution in [2.75, 3.05) is 11.4 Å². The van der Waals surface area contributed by atoms with E-state index >= 15 is 0 Å². The zero-order valence-corrected chi connectivity index (χ0v) is 24.2. The number of carbonyl (C=O) groups excluding carboxylic acids is 3. The molecule has 0 saturated heterocycles. The Kier molecular flexibility index (Phi) is 8.94. The molecule has 10 heteroatoms. The van der Waals surface area contributed by atoms with Gasteiger partial charge in [0.2, 0.25) is 11.8 Å². The van der Waals surface area contributed by atoms with Gasteiger partial charge < -0.3 is 15.8 Å². The van der Waals surface area contributed by atoms with Crippen molar-refractivity contribution in [1.82, 2.24) is 15.5 Å². The minimum atomic E-state index is -0.856. The predicted octanol–water partition coefficient (Wildman–Crippen LogP) is 5.09. The number of ether oxygens (including phenoxy) is 1. The molecule has 2 aromatic carbocycles. The molecule has 9 nitrogen and oxygen atoms in total. The van der Waals surface area contributed by atoms with Gasteiger partial charge in [-0.3, -0.25) is 19.6 Å². The largest absolute Gasteiger partial charge is 0.444 e. The van der Waals surface area contributed by atoms with Crippen LogP contribution in [-0.4, -0.2) is 46.3 Å². The highest BCUT2D eigenvalue weighted by atomic mass is 79.9. The molecule has 0 aliphatic heterocycles. The summed E-state index contributed by atoms with van der Waals surface area (Å²) in [5, 5.41) is 10.8. The number of carbonyl (C=O) groups is 3. The van der Waals surface area contributed by atoms with Gasteiger partial charge in [-0.05, 0) is 88.3 Å². The van der Waals surface area contributed by atoms with Gasteiger partial charge in [0.1, 0.15) is 11.6 Å². The third-order valence-electron chi connectivity index (χ3n) is 7.05. The molecule has 1 aliphatic rings. The molecule has 0 radical (unpaired) electrons. The number of primary amides is 1. The number of fused-ring (bicyclic) bond motifs is 1. The lowest BCUT2D eigenvalue weighted by molar-refractivity contribution is -0.127. The van der Waals surface area contributed by atoms with Crippen molar-refractivity contribution in [3.8, 4) is 0 Å². The second kappa shape index (κ2) is 12.2. The molecule has 4 N–H and O–H groups in total. The Morgan fingerprint density at radius 1 is 1.13 bits per heavy atom. The number of alkyl carbamates (subject to hydrolysis) is 1. The normalized spacial score (nSPS) is 18.4. The molecule has 3 aromatic rings. The Hall–Kier alpha value is -3.40. The van der Waals surface area contributed by atoms with Crippen LogP contribution in [-0.2, 0) is 20.7 Å². The van der Waals surface area contributed by atoms with Gasteiger partial charge in [0.25, 0.3) is 0 Å². The first kappa shape index (κ1) is 28.6. The fourth-order valence-corrected chi connectivity index (χ4v) is 5.31. The standard InChI is InChI=1S/C29H36BrN5O4/c1-29(2,3)39-28(38)32-16-19-4-8-20(9-5-19)27(37)35(23-13-10-21-17-33-34-24(21)15-23)25(26(31)36)14-18-6-11-22(30)12-7-18/h6-7,10-13,15,17,19-20,25H,4-5,8-9,14,16H2,1-3H3,(H2,31,36)(H,32,38)(H,33,34)/t19-,20-,25-/m0/s1. The van der Waals surface area contributed by atoms with E-state index in [1.807, 2.05) is 63.2 Å². The van der Waals surface area contributed by atoms with Crippen LogP contribution in [0.3, 0.4) is 0 Å². The lowest BCUT2D eigenvalue weighted by atomic mass is 9.81. The van der Waals surface area contributed by atoms with Crippen LogP contribution >= 0.6 is 15.9 Å². The molecule has 1 saturated carbocycles. The lowest BCUT2D eigenvalue weighted by Crippen LogP contribution is -2.52. The molecular weight excluding hydrogens is 562 g/mol. The van der Waals surface area contributed by atoms with Gasteiger partial charge in [0.05, 0.1) is 11.7 Å². The third-order valence-corrected chi connectivity index (χ3v) is 7.58. The third kappa shape index (κ3) is 7.59. The van der Waals surface area contributed by atoms with E-state index in [1.165, 1.54) is 0 Å². The van der Waals surface area contributed by atoms with Gasteiger partial charge in [0.15, 0.2) is 0 Å². The van der Waals surface area contributed by atoms with Gasteiger partial charge in [-0.2, -0.15) is 5.10 Å².